The summed E-state index contributed by atoms with van der Waals surface area (Å²) in [6.45, 7) is 17.0. The molecule has 2 rings (SSSR count). The standard InChI is InChI=1S/C30H49NO3Si/c1-24-19-20-27(34-35(7,8)30(3,4)5)17-13-10-14-18-28(32)31(6)29(24)25(2)21-22-33-23-26-15-11-9-12-16-26/h9,11-12,15-16,19-21,24,27,29H,10,13-14,17-18,22-23H2,1-8H3/t24-,27?,29-/m0/s1. The highest BCUT2D eigenvalue weighted by Crippen LogP contribution is 2.38. The monoisotopic (exact) mass is 499 g/mol. The van der Waals surface area contributed by atoms with Crippen molar-refractivity contribution in [2.75, 3.05) is 13.7 Å². The number of ether oxygens (including phenoxy) is 1. The minimum atomic E-state index is -1.86. The molecule has 4 nitrogen and oxygen atoms in total. The molecule has 1 amide bonds. The molecule has 0 radical (unpaired) electrons. The van der Waals surface area contributed by atoms with E-state index < -0.39 is 8.32 Å². The van der Waals surface area contributed by atoms with Crippen molar-refractivity contribution in [1.29, 1.82) is 0 Å². The number of benzene rings is 1. The zero-order valence-corrected chi connectivity index (χ0v) is 24.5. The van der Waals surface area contributed by atoms with Gasteiger partial charge in [0.15, 0.2) is 8.32 Å². The maximum Gasteiger partial charge on any atom is 0.222 e. The van der Waals surface area contributed by atoms with Crippen LogP contribution in [0.15, 0.2) is 54.1 Å². The van der Waals surface area contributed by atoms with E-state index in [4.69, 9.17) is 9.16 Å². The van der Waals surface area contributed by atoms with Gasteiger partial charge in [-0.05, 0) is 49.4 Å². The van der Waals surface area contributed by atoms with E-state index in [1.54, 1.807) is 0 Å². The van der Waals surface area contributed by atoms with Crippen LogP contribution in [-0.4, -0.2) is 44.9 Å². The summed E-state index contributed by atoms with van der Waals surface area (Å²) < 4.78 is 12.7. The SMILES string of the molecule is CC(=CCOCc1ccccc1)[C@@H]1[C@@H](C)C=CC(O[Si](C)(C)C(C)(C)C)CCCCCC(=O)N1C. The topological polar surface area (TPSA) is 38.8 Å². The van der Waals surface area contributed by atoms with E-state index in [1.807, 2.05) is 30.1 Å². The summed E-state index contributed by atoms with van der Waals surface area (Å²) in [6.07, 6.45) is 11.5. The Balaban J connectivity index is 2.17. The summed E-state index contributed by atoms with van der Waals surface area (Å²) >= 11 is 0. The fraction of sp³-hybridized carbons (Fsp3) is 0.633. The summed E-state index contributed by atoms with van der Waals surface area (Å²) in [4.78, 5) is 14.9. The van der Waals surface area contributed by atoms with Gasteiger partial charge in [-0.25, -0.2) is 0 Å². The summed E-state index contributed by atoms with van der Waals surface area (Å²) in [5.74, 6) is 0.405. The Kier molecular flexibility index (Phi) is 11.5. The van der Waals surface area contributed by atoms with Gasteiger partial charge in [0.05, 0.1) is 25.4 Å². The normalized spacial score (nSPS) is 23.7. The number of likely N-dealkylation sites (N-methyl/N-ethyl adjacent to an activating group) is 1. The van der Waals surface area contributed by atoms with Gasteiger partial charge < -0.3 is 14.1 Å². The number of carbonyl (C=O) groups is 1. The molecular weight excluding hydrogens is 450 g/mol. The lowest BCUT2D eigenvalue weighted by molar-refractivity contribution is -0.132. The van der Waals surface area contributed by atoms with Crippen molar-refractivity contribution >= 4 is 14.2 Å². The first-order valence-electron chi connectivity index (χ1n) is 13.3. The van der Waals surface area contributed by atoms with Gasteiger partial charge in [-0.3, -0.25) is 4.79 Å². The van der Waals surface area contributed by atoms with Crippen LogP contribution in [0, 0.1) is 5.92 Å². The van der Waals surface area contributed by atoms with Crippen molar-refractivity contribution in [3.05, 3.63) is 59.7 Å². The molecule has 35 heavy (non-hydrogen) atoms. The summed E-state index contributed by atoms with van der Waals surface area (Å²) in [6, 6.07) is 10.2. The van der Waals surface area contributed by atoms with E-state index in [0.717, 1.165) is 25.7 Å². The molecule has 1 aliphatic rings. The minimum absolute atomic E-state index is 0.00650. The lowest BCUT2D eigenvalue weighted by Gasteiger charge is -2.39. The molecule has 1 aromatic rings. The van der Waals surface area contributed by atoms with E-state index in [2.05, 4.69) is 78.1 Å². The van der Waals surface area contributed by atoms with Gasteiger partial charge in [-0.15, -0.1) is 0 Å². The number of nitrogens with zero attached hydrogens (tertiary/aromatic N) is 1. The number of carbonyl (C=O) groups excluding carboxylic acids is 1. The van der Waals surface area contributed by atoms with E-state index in [1.165, 1.54) is 11.1 Å². The van der Waals surface area contributed by atoms with Crippen LogP contribution in [0.2, 0.25) is 18.1 Å². The maximum absolute atomic E-state index is 13.0. The second-order valence-electron chi connectivity index (χ2n) is 11.7. The van der Waals surface area contributed by atoms with E-state index >= 15 is 0 Å². The van der Waals surface area contributed by atoms with E-state index in [9.17, 15) is 4.79 Å². The highest BCUT2D eigenvalue weighted by atomic mass is 28.4. The van der Waals surface area contributed by atoms with Crippen LogP contribution in [0.5, 0.6) is 0 Å². The number of amides is 1. The minimum Gasteiger partial charge on any atom is -0.411 e. The second-order valence-corrected chi connectivity index (χ2v) is 16.4. The molecule has 0 aliphatic carbocycles. The van der Waals surface area contributed by atoms with Crippen molar-refractivity contribution in [2.24, 2.45) is 5.92 Å². The fourth-order valence-corrected chi connectivity index (χ4v) is 5.73. The third-order valence-corrected chi connectivity index (χ3v) is 12.2. The molecule has 1 unspecified atom stereocenters. The Morgan fingerprint density at radius 2 is 1.80 bits per heavy atom. The molecule has 3 atom stereocenters. The summed E-state index contributed by atoms with van der Waals surface area (Å²) in [5, 5.41) is 0.185. The largest absolute Gasteiger partial charge is 0.411 e. The first-order chi connectivity index (χ1) is 16.4. The Labute approximate surface area is 215 Å². The van der Waals surface area contributed by atoms with Crippen LogP contribution < -0.4 is 0 Å². The Hall–Kier alpha value is -1.69. The Bertz CT molecular complexity index is 841. The second kappa shape index (κ2) is 13.6. The lowest BCUT2D eigenvalue weighted by Crippen LogP contribution is -2.44. The summed E-state index contributed by atoms with van der Waals surface area (Å²) in [7, 11) is 0.0916. The van der Waals surface area contributed by atoms with Crippen molar-refractivity contribution in [3.63, 3.8) is 0 Å². The quantitative estimate of drug-likeness (QED) is 0.221. The van der Waals surface area contributed by atoms with Crippen LogP contribution in [-0.2, 0) is 20.6 Å². The Morgan fingerprint density at radius 3 is 2.46 bits per heavy atom. The molecule has 0 spiro atoms. The highest BCUT2D eigenvalue weighted by molar-refractivity contribution is 6.74. The van der Waals surface area contributed by atoms with Crippen molar-refractivity contribution in [2.45, 2.75) is 104 Å². The van der Waals surface area contributed by atoms with E-state index in [-0.39, 0.29) is 29.0 Å². The first-order valence-corrected chi connectivity index (χ1v) is 16.2. The molecule has 1 aromatic carbocycles. The molecule has 0 fully saturated rings. The van der Waals surface area contributed by atoms with Gasteiger partial charge in [0, 0.05) is 13.5 Å². The molecule has 1 heterocycles. The molecule has 0 saturated carbocycles. The molecule has 1 aliphatic heterocycles. The van der Waals surface area contributed by atoms with Crippen molar-refractivity contribution in [3.8, 4) is 0 Å². The first kappa shape index (κ1) is 29.5. The lowest BCUT2D eigenvalue weighted by atomic mass is 9.91. The predicted molar refractivity (Wildman–Crippen MR) is 150 cm³/mol. The maximum atomic E-state index is 13.0. The van der Waals surface area contributed by atoms with Gasteiger partial charge in [0.25, 0.3) is 0 Å². The molecule has 0 saturated heterocycles. The van der Waals surface area contributed by atoms with Crippen LogP contribution in [0.3, 0.4) is 0 Å². The average Bonchev–Trinajstić information content (AvgIpc) is 2.79. The fourth-order valence-electron chi connectivity index (χ4n) is 4.42. The van der Waals surface area contributed by atoms with Gasteiger partial charge in [-0.1, -0.05) is 94.7 Å². The molecule has 0 N–H and O–H groups in total. The zero-order valence-electron chi connectivity index (χ0n) is 23.5. The molecule has 196 valence electrons. The third-order valence-electron chi connectivity index (χ3n) is 7.67. The Morgan fingerprint density at radius 1 is 1.11 bits per heavy atom. The third kappa shape index (κ3) is 9.36. The zero-order chi connectivity index (χ0) is 26.1. The van der Waals surface area contributed by atoms with Gasteiger partial charge in [-0.2, -0.15) is 0 Å². The smallest absolute Gasteiger partial charge is 0.222 e. The highest BCUT2D eigenvalue weighted by Gasteiger charge is 2.38. The van der Waals surface area contributed by atoms with Crippen LogP contribution in [0.25, 0.3) is 0 Å². The number of hydrogen-bond donors (Lipinski definition) is 0. The van der Waals surface area contributed by atoms with Crippen LogP contribution in [0.1, 0.15) is 72.3 Å². The predicted octanol–water partition coefficient (Wildman–Crippen LogP) is 7.52. The molecular formula is C30H49NO3Si. The van der Waals surface area contributed by atoms with Crippen LogP contribution in [0.4, 0.5) is 0 Å². The van der Waals surface area contributed by atoms with Crippen molar-refractivity contribution in [1.82, 2.24) is 4.90 Å². The molecule has 0 bridgehead atoms. The van der Waals surface area contributed by atoms with Crippen molar-refractivity contribution < 1.29 is 14.0 Å². The van der Waals surface area contributed by atoms with Gasteiger partial charge >= 0.3 is 0 Å². The van der Waals surface area contributed by atoms with Crippen LogP contribution >= 0.6 is 0 Å². The van der Waals surface area contributed by atoms with Gasteiger partial charge in [0.1, 0.15) is 0 Å². The number of rotatable bonds is 7. The summed E-state index contributed by atoms with van der Waals surface area (Å²) in [5.41, 5.74) is 2.34. The average molecular weight is 500 g/mol. The van der Waals surface area contributed by atoms with Gasteiger partial charge in [0.2, 0.25) is 5.91 Å². The number of hydrogen-bond acceptors (Lipinski definition) is 3. The molecule has 5 heteroatoms. The van der Waals surface area contributed by atoms with E-state index in [0.29, 0.717) is 19.6 Å². The molecule has 0 aromatic heterocycles.